The lowest BCUT2D eigenvalue weighted by molar-refractivity contribution is -0.120. The van der Waals surface area contributed by atoms with E-state index in [0.29, 0.717) is 0 Å². The van der Waals surface area contributed by atoms with Crippen LogP contribution >= 0.6 is 0 Å². The van der Waals surface area contributed by atoms with Gasteiger partial charge in [0.05, 0.1) is 12.1 Å². The molecule has 0 aliphatic rings. The van der Waals surface area contributed by atoms with E-state index in [2.05, 4.69) is 5.32 Å². The van der Waals surface area contributed by atoms with Crippen LogP contribution in [-0.4, -0.2) is 23.3 Å². The van der Waals surface area contributed by atoms with Crippen molar-refractivity contribution in [3.05, 3.63) is 29.6 Å². The van der Waals surface area contributed by atoms with Gasteiger partial charge in [-0.25, -0.2) is 4.39 Å². The highest BCUT2D eigenvalue weighted by Gasteiger charge is 2.14. The molecule has 92 valence electrons. The minimum Gasteiger partial charge on any atom is -0.507 e. The summed E-state index contributed by atoms with van der Waals surface area (Å²) in [5.74, 6) is -1.95. The number of carbonyl (C=O) groups is 2. The van der Waals surface area contributed by atoms with E-state index in [-0.39, 0.29) is 23.8 Å². The summed E-state index contributed by atoms with van der Waals surface area (Å²) in [6.45, 7) is 3.35. The average Bonchev–Trinajstić information content (AvgIpc) is 2.25. The Bertz CT molecular complexity index is 443. The second-order valence-corrected chi connectivity index (χ2v) is 3.97. The van der Waals surface area contributed by atoms with Gasteiger partial charge in [-0.2, -0.15) is 0 Å². The van der Waals surface area contributed by atoms with Gasteiger partial charge < -0.3 is 10.4 Å². The Morgan fingerprint density at radius 1 is 1.41 bits per heavy atom. The summed E-state index contributed by atoms with van der Waals surface area (Å²) in [4.78, 5) is 22.8. The summed E-state index contributed by atoms with van der Waals surface area (Å²) < 4.78 is 12.7. The number of Topliss-reactive ketones (excluding diaryl/α,β-unsaturated/α-hetero) is 1. The molecule has 1 aromatic carbocycles. The molecule has 0 unspecified atom stereocenters. The molecular weight excluding hydrogens is 225 g/mol. The van der Waals surface area contributed by atoms with Crippen LogP contribution in [0.3, 0.4) is 0 Å². The normalized spacial score (nSPS) is 10.4. The first kappa shape index (κ1) is 13.2. The van der Waals surface area contributed by atoms with Crippen molar-refractivity contribution in [3.63, 3.8) is 0 Å². The molecule has 1 amide bonds. The molecule has 0 saturated heterocycles. The number of aromatic hydroxyl groups is 1. The average molecular weight is 239 g/mol. The quantitative estimate of drug-likeness (QED) is 0.836. The third-order valence-electron chi connectivity index (χ3n) is 2.27. The molecule has 0 spiro atoms. The van der Waals surface area contributed by atoms with Crippen molar-refractivity contribution in [2.24, 2.45) is 5.92 Å². The molecule has 0 radical (unpaired) electrons. The van der Waals surface area contributed by atoms with Crippen LogP contribution in [0, 0.1) is 11.7 Å². The Hall–Kier alpha value is -1.91. The Labute approximate surface area is 98.5 Å². The first-order valence-electron chi connectivity index (χ1n) is 5.21. The lowest BCUT2D eigenvalue weighted by Crippen LogP contribution is -2.31. The van der Waals surface area contributed by atoms with Gasteiger partial charge >= 0.3 is 0 Å². The second kappa shape index (κ2) is 5.43. The molecule has 0 atom stereocenters. The fourth-order valence-corrected chi connectivity index (χ4v) is 1.16. The van der Waals surface area contributed by atoms with Gasteiger partial charge in [-0.15, -0.1) is 0 Å². The van der Waals surface area contributed by atoms with Gasteiger partial charge in [0.15, 0.2) is 5.78 Å². The Morgan fingerprint density at radius 2 is 2.06 bits per heavy atom. The molecule has 0 bridgehead atoms. The highest BCUT2D eigenvalue weighted by molar-refractivity contribution is 5.99. The van der Waals surface area contributed by atoms with Crippen LogP contribution in [0.2, 0.25) is 0 Å². The van der Waals surface area contributed by atoms with Gasteiger partial charge in [0, 0.05) is 12.0 Å². The van der Waals surface area contributed by atoms with E-state index in [1.54, 1.807) is 13.8 Å². The maximum absolute atomic E-state index is 12.7. The van der Waals surface area contributed by atoms with E-state index in [9.17, 15) is 19.1 Å². The number of hydrogen-bond donors (Lipinski definition) is 2. The van der Waals surface area contributed by atoms with Crippen LogP contribution in [0.4, 0.5) is 4.39 Å². The lowest BCUT2D eigenvalue weighted by atomic mass is 10.1. The molecule has 0 fully saturated rings. The van der Waals surface area contributed by atoms with Gasteiger partial charge in [0.25, 0.3) is 5.91 Å². The van der Waals surface area contributed by atoms with Crippen LogP contribution in [0.15, 0.2) is 18.2 Å². The largest absolute Gasteiger partial charge is 0.507 e. The van der Waals surface area contributed by atoms with Crippen molar-refractivity contribution in [1.29, 1.82) is 0 Å². The summed E-state index contributed by atoms with van der Waals surface area (Å²) in [6.07, 6.45) is 0. The molecular formula is C12H14FNO3. The van der Waals surface area contributed by atoms with Crippen molar-refractivity contribution in [3.8, 4) is 5.75 Å². The molecule has 0 aliphatic heterocycles. The Balaban J connectivity index is 2.68. The Kier molecular flexibility index (Phi) is 4.20. The number of nitrogens with one attached hydrogen (secondary N) is 1. The number of ketones is 1. The van der Waals surface area contributed by atoms with E-state index >= 15 is 0 Å². The van der Waals surface area contributed by atoms with E-state index in [0.717, 1.165) is 12.1 Å². The minimum atomic E-state index is -0.627. The summed E-state index contributed by atoms with van der Waals surface area (Å²) in [7, 11) is 0. The predicted octanol–water partition coefficient (Wildman–Crippen LogP) is 1.49. The van der Waals surface area contributed by atoms with Crippen LogP contribution in [0.25, 0.3) is 0 Å². The molecule has 0 saturated carbocycles. The zero-order chi connectivity index (χ0) is 13.0. The fourth-order valence-electron chi connectivity index (χ4n) is 1.16. The molecule has 4 nitrogen and oxygen atoms in total. The van der Waals surface area contributed by atoms with Gasteiger partial charge in [-0.05, 0) is 12.1 Å². The molecule has 2 N–H and O–H groups in total. The molecule has 5 heteroatoms. The van der Waals surface area contributed by atoms with E-state index in [1.165, 1.54) is 6.07 Å². The number of amides is 1. The highest BCUT2D eigenvalue weighted by atomic mass is 19.1. The summed E-state index contributed by atoms with van der Waals surface area (Å²) in [5.41, 5.74) is -0.0528. The van der Waals surface area contributed by atoms with Gasteiger partial charge in [-0.3, -0.25) is 9.59 Å². The number of halogens is 1. The summed E-state index contributed by atoms with van der Waals surface area (Å²) in [6, 6.07) is 3.08. The van der Waals surface area contributed by atoms with Crippen molar-refractivity contribution in [2.75, 3.05) is 6.54 Å². The van der Waals surface area contributed by atoms with Crippen molar-refractivity contribution < 1.29 is 19.1 Å². The van der Waals surface area contributed by atoms with Gasteiger partial charge in [0.1, 0.15) is 11.6 Å². The molecule has 1 aromatic rings. The molecule has 17 heavy (non-hydrogen) atoms. The predicted molar refractivity (Wildman–Crippen MR) is 60.2 cm³/mol. The topological polar surface area (TPSA) is 66.4 Å². The maximum atomic E-state index is 12.7. The Morgan fingerprint density at radius 3 is 2.59 bits per heavy atom. The van der Waals surface area contributed by atoms with Gasteiger partial charge in [0.2, 0.25) is 0 Å². The first-order chi connectivity index (χ1) is 7.91. The SMILES string of the molecule is CC(C)C(=O)CNC(=O)c1ccc(F)cc1O. The zero-order valence-corrected chi connectivity index (χ0v) is 9.66. The van der Waals surface area contributed by atoms with E-state index in [4.69, 9.17) is 0 Å². The molecule has 0 aromatic heterocycles. The number of phenolic OH excluding ortho intramolecular Hbond substituents is 1. The van der Waals surface area contributed by atoms with Crippen LogP contribution in [0.5, 0.6) is 5.75 Å². The van der Waals surface area contributed by atoms with Crippen LogP contribution in [-0.2, 0) is 4.79 Å². The first-order valence-corrected chi connectivity index (χ1v) is 5.21. The smallest absolute Gasteiger partial charge is 0.255 e. The summed E-state index contributed by atoms with van der Waals surface area (Å²) in [5, 5.41) is 11.7. The van der Waals surface area contributed by atoms with E-state index in [1.807, 2.05) is 0 Å². The lowest BCUT2D eigenvalue weighted by Gasteiger charge is -2.07. The molecule has 0 heterocycles. The minimum absolute atomic E-state index is 0.0528. The molecule has 0 aliphatic carbocycles. The third kappa shape index (κ3) is 3.55. The molecule has 1 rings (SSSR count). The van der Waals surface area contributed by atoms with Crippen molar-refractivity contribution in [1.82, 2.24) is 5.32 Å². The summed E-state index contributed by atoms with van der Waals surface area (Å²) >= 11 is 0. The van der Waals surface area contributed by atoms with Crippen LogP contribution < -0.4 is 5.32 Å². The number of rotatable bonds is 4. The number of benzene rings is 1. The van der Waals surface area contributed by atoms with Crippen molar-refractivity contribution >= 4 is 11.7 Å². The standard InChI is InChI=1S/C12H14FNO3/c1-7(2)11(16)6-14-12(17)9-4-3-8(13)5-10(9)15/h3-5,7,15H,6H2,1-2H3,(H,14,17). The third-order valence-corrected chi connectivity index (χ3v) is 2.27. The van der Waals surface area contributed by atoms with E-state index < -0.39 is 17.5 Å². The monoisotopic (exact) mass is 239 g/mol. The van der Waals surface area contributed by atoms with Gasteiger partial charge in [-0.1, -0.05) is 13.8 Å². The van der Waals surface area contributed by atoms with Crippen molar-refractivity contribution in [2.45, 2.75) is 13.8 Å². The number of phenols is 1. The number of hydrogen-bond acceptors (Lipinski definition) is 3. The maximum Gasteiger partial charge on any atom is 0.255 e. The number of carbonyl (C=O) groups excluding carboxylic acids is 2. The fraction of sp³-hybridized carbons (Fsp3) is 0.333. The highest BCUT2D eigenvalue weighted by Crippen LogP contribution is 2.17. The zero-order valence-electron chi connectivity index (χ0n) is 9.66. The second-order valence-electron chi connectivity index (χ2n) is 3.97. The van der Waals surface area contributed by atoms with Crippen LogP contribution in [0.1, 0.15) is 24.2 Å².